The molecule has 6 aromatic carbocycles. The van der Waals surface area contributed by atoms with E-state index in [1.165, 1.54) is 104 Å². The van der Waals surface area contributed by atoms with Gasteiger partial charge in [0.1, 0.15) is 0 Å². The summed E-state index contributed by atoms with van der Waals surface area (Å²) in [4.78, 5) is 5.21. The lowest BCUT2D eigenvalue weighted by Gasteiger charge is -2.44. The van der Waals surface area contributed by atoms with Gasteiger partial charge in [-0.25, -0.2) is 0 Å². The maximum Gasteiger partial charge on any atom is 0.264 e. The summed E-state index contributed by atoms with van der Waals surface area (Å²) in [5, 5.41) is 1.34. The van der Waals surface area contributed by atoms with E-state index in [9.17, 15) is 0 Å². The van der Waals surface area contributed by atoms with Crippen LogP contribution in [0.3, 0.4) is 0 Å². The van der Waals surface area contributed by atoms with Crippen molar-refractivity contribution in [3.63, 3.8) is 0 Å². The molecule has 0 saturated heterocycles. The molecule has 0 spiro atoms. The second-order valence-corrected chi connectivity index (χ2v) is 21.9. The van der Waals surface area contributed by atoms with Gasteiger partial charge in [0.15, 0.2) is 0 Å². The van der Waals surface area contributed by atoms with Gasteiger partial charge in [-0.3, -0.25) is 0 Å². The molecule has 0 unspecified atom stereocenters. The number of fused-ring (bicyclic) bond motifs is 9. The molecule has 1 aliphatic carbocycles. The highest BCUT2D eigenvalue weighted by Gasteiger charge is 2.47. The van der Waals surface area contributed by atoms with Crippen molar-refractivity contribution in [1.82, 2.24) is 0 Å². The fourth-order valence-corrected chi connectivity index (χ4v) is 11.3. The van der Waals surface area contributed by atoms with Crippen molar-refractivity contribution in [3.05, 3.63) is 149 Å². The first-order valence-electron chi connectivity index (χ1n) is 21.1. The van der Waals surface area contributed by atoms with Crippen LogP contribution in [0.2, 0.25) is 0 Å². The van der Waals surface area contributed by atoms with Gasteiger partial charge in [-0.05, 0) is 133 Å². The zero-order chi connectivity index (χ0) is 40.8. The van der Waals surface area contributed by atoms with Gasteiger partial charge in [0.05, 0.1) is 5.69 Å². The number of hydrogen-bond donors (Lipinski definition) is 0. The number of thiophene rings is 1. The van der Waals surface area contributed by atoms with Crippen LogP contribution in [0, 0.1) is 6.92 Å². The zero-order valence-electron chi connectivity index (χ0n) is 36.3. The number of aryl methyl sites for hydroxylation is 1. The molecule has 0 amide bonds. The van der Waals surface area contributed by atoms with E-state index in [-0.39, 0.29) is 28.4 Å². The summed E-state index contributed by atoms with van der Waals surface area (Å²) < 4.78 is 2.77. The maximum atomic E-state index is 2.62. The Morgan fingerprint density at radius 2 is 1.09 bits per heavy atom. The molecular weight excluding hydrogens is 719 g/mol. The van der Waals surface area contributed by atoms with E-state index >= 15 is 0 Å². The van der Waals surface area contributed by atoms with Gasteiger partial charge in [0.25, 0.3) is 6.71 Å². The molecule has 290 valence electrons. The third-order valence-electron chi connectivity index (χ3n) is 13.4. The molecule has 4 heteroatoms. The summed E-state index contributed by atoms with van der Waals surface area (Å²) in [7, 11) is 0. The molecule has 2 nitrogen and oxygen atoms in total. The summed E-state index contributed by atoms with van der Waals surface area (Å²) in [5.74, 6) is 0. The standard InChI is InChI=1S/C54H55BN2S/c1-32-27-45-48-46(28-32)57(37-24-19-34(20-25-37)52(5,6)7)49-40-29-35(53(8,9)10)21-26-47(40)58-50(49)55(48)43-31-42-39(38-15-13-14-16-41(38)54(42,11)12)30-44(43)56(45)36-22-17-33(18-23-36)51(2,3)4/h13-31H,1-12H3. The molecule has 0 N–H and O–H groups in total. The van der Waals surface area contributed by atoms with Crippen molar-refractivity contribution < 1.29 is 0 Å². The largest absolute Gasteiger partial charge is 0.311 e. The van der Waals surface area contributed by atoms with Gasteiger partial charge < -0.3 is 9.80 Å². The van der Waals surface area contributed by atoms with Gasteiger partial charge in [0.2, 0.25) is 0 Å². The van der Waals surface area contributed by atoms with Crippen LogP contribution < -0.4 is 25.5 Å². The van der Waals surface area contributed by atoms with E-state index in [1.54, 1.807) is 0 Å². The highest BCUT2D eigenvalue weighted by Crippen LogP contribution is 2.53. The van der Waals surface area contributed by atoms with Crippen molar-refractivity contribution in [3.8, 4) is 11.1 Å². The number of anilines is 6. The quantitative estimate of drug-likeness (QED) is 0.161. The fraction of sp³-hybridized carbons (Fsp3) is 0.296. The van der Waals surface area contributed by atoms with Crippen LogP contribution in [-0.2, 0) is 21.7 Å². The monoisotopic (exact) mass is 774 g/mol. The molecule has 0 fully saturated rings. The maximum absolute atomic E-state index is 2.62. The van der Waals surface area contributed by atoms with E-state index in [4.69, 9.17) is 0 Å². The Hall–Kier alpha value is -5.06. The molecule has 1 aromatic heterocycles. The first-order chi connectivity index (χ1) is 27.3. The van der Waals surface area contributed by atoms with Gasteiger partial charge in [-0.15, -0.1) is 11.3 Å². The second kappa shape index (κ2) is 12.2. The Labute approximate surface area is 350 Å². The minimum Gasteiger partial charge on any atom is -0.311 e. The van der Waals surface area contributed by atoms with Crippen LogP contribution in [-0.4, -0.2) is 6.71 Å². The van der Waals surface area contributed by atoms with Crippen molar-refractivity contribution >= 4 is 78.0 Å². The Bertz CT molecular complexity index is 2820. The van der Waals surface area contributed by atoms with Crippen LogP contribution >= 0.6 is 11.3 Å². The van der Waals surface area contributed by atoms with E-state index in [0.29, 0.717) is 0 Å². The summed E-state index contributed by atoms with van der Waals surface area (Å²) in [6.07, 6.45) is 0. The van der Waals surface area contributed by atoms with Crippen molar-refractivity contribution in [1.29, 1.82) is 0 Å². The van der Waals surface area contributed by atoms with E-state index in [1.807, 2.05) is 11.3 Å². The van der Waals surface area contributed by atoms with Gasteiger partial charge in [0, 0.05) is 48.7 Å². The highest BCUT2D eigenvalue weighted by molar-refractivity contribution is 7.33. The van der Waals surface area contributed by atoms with Crippen LogP contribution in [0.15, 0.2) is 115 Å². The Morgan fingerprint density at radius 3 is 1.69 bits per heavy atom. The minimum absolute atomic E-state index is 0.0279. The van der Waals surface area contributed by atoms with Crippen LogP contribution in [0.25, 0.3) is 21.2 Å². The average molecular weight is 775 g/mol. The minimum atomic E-state index is -0.114. The van der Waals surface area contributed by atoms with Gasteiger partial charge >= 0.3 is 0 Å². The van der Waals surface area contributed by atoms with Crippen molar-refractivity contribution in [2.45, 2.75) is 105 Å². The third-order valence-corrected chi connectivity index (χ3v) is 14.6. The molecular formula is C54H55BN2S. The van der Waals surface area contributed by atoms with Crippen LogP contribution in [0.1, 0.15) is 110 Å². The van der Waals surface area contributed by atoms with E-state index in [0.717, 1.165) is 0 Å². The topological polar surface area (TPSA) is 6.48 Å². The summed E-state index contributed by atoms with van der Waals surface area (Å²) in [6, 6.07) is 45.2. The van der Waals surface area contributed by atoms with E-state index in [2.05, 4.69) is 208 Å². The lowest BCUT2D eigenvalue weighted by atomic mass is 9.36. The molecule has 0 saturated carbocycles. The SMILES string of the molecule is Cc1cc2c3c(c1)N(c1ccc(C(C)(C)C)cc1)c1c(sc4ccc(C(C)(C)C)cc14)B3c1cc3c(cc1N2c1ccc(C(C)(C)C)cc1)-c1ccccc1C3(C)C. The predicted octanol–water partition coefficient (Wildman–Crippen LogP) is 13.5. The molecule has 0 radical (unpaired) electrons. The van der Waals surface area contributed by atoms with Gasteiger partial charge in [-0.1, -0.05) is 137 Å². The molecule has 3 heterocycles. The first kappa shape index (κ1) is 37.2. The Kier molecular flexibility index (Phi) is 7.86. The highest BCUT2D eigenvalue weighted by atomic mass is 32.1. The molecule has 7 aromatic rings. The average Bonchev–Trinajstić information content (AvgIpc) is 3.64. The van der Waals surface area contributed by atoms with Crippen molar-refractivity contribution in [2.75, 3.05) is 9.80 Å². The smallest absolute Gasteiger partial charge is 0.264 e. The Morgan fingerprint density at radius 1 is 0.534 bits per heavy atom. The lowest BCUT2D eigenvalue weighted by molar-refractivity contribution is 0.590. The molecule has 0 atom stereocenters. The first-order valence-corrected chi connectivity index (χ1v) is 21.9. The molecule has 0 bridgehead atoms. The summed E-state index contributed by atoms with van der Waals surface area (Å²) in [5.41, 5.74) is 21.3. The molecule has 10 rings (SSSR count). The lowest BCUT2D eigenvalue weighted by Crippen LogP contribution is -2.60. The number of benzene rings is 6. The molecule has 3 aliphatic rings. The Balaban J connectivity index is 1.32. The second-order valence-electron chi connectivity index (χ2n) is 20.8. The molecule has 58 heavy (non-hydrogen) atoms. The third kappa shape index (κ3) is 5.43. The van der Waals surface area contributed by atoms with Crippen LogP contribution in [0.4, 0.5) is 34.1 Å². The molecule has 2 aliphatic heterocycles. The van der Waals surface area contributed by atoms with E-state index < -0.39 is 0 Å². The van der Waals surface area contributed by atoms with Crippen LogP contribution in [0.5, 0.6) is 0 Å². The number of rotatable bonds is 2. The summed E-state index contributed by atoms with van der Waals surface area (Å²) in [6.45, 7) is 28.0. The number of hydrogen-bond acceptors (Lipinski definition) is 3. The summed E-state index contributed by atoms with van der Waals surface area (Å²) >= 11 is 1.99. The normalized spacial score (nSPS) is 15.3. The fourth-order valence-electron chi connectivity index (χ4n) is 10.0. The number of nitrogens with zero attached hydrogens (tertiary/aromatic N) is 2. The van der Waals surface area contributed by atoms with Gasteiger partial charge in [-0.2, -0.15) is 0 Å². The van der Waals surface area contributed by atoms with Crippen molar-refractivity contribution in [2.24, 2.45) is 0 Å². The zero-order valence-corrected chi connectivity index (χ0v) is 37.2. The predicted molar refractivity (Wildman–Crippen MR) is 254 cm³/mol.